The molecule has 0 atom stereocenters. The monoisotopic (exact) mass is 330 g/mol. The topological polar surface area (TPSA) is 92.5 Å². The molecule has 0 aliphatic carbocycles. The summed E-state index contributed by atoms with van der Waals surface area (Å²) in [7, 11) is 0. The molecule has 2 N–H and O–H groups in total. The Morgan fingerprint density at radius 1 is 1.25 bits per heavy atom. The third-order valence-electron chi connectivity index (χ3n) is 3.23. The average molecular weight is 330 g/mol. The quantitative estimate of drug-likeness (QED) is 0.484. The first-order valence-corrected chi connectivity index (χ1v) is 7.12. The van der Waals surface area contributed by atoms with Gasteiger partial charge in [0.15, 0.2) is 0 Å². The van der Waals surface area contributed by atoms with Crippen molar-refractivity contribution in [3.63, 3.8) is 0 Å². The minimum Gasteiger partial charge on any atom is -0.396 e. The summed E-state index contributed by atoms with van der Waals surface area (Å²) in [6.07, 6.45) is 2.93. The molecule has 0 fully saturated rings. The van der Waals surface area contributed by atoms with Gasteiger partial charge in [-0.25, -0.2) is 4.39 Å². The molecule has 0 aliphatic heterocycles. The van der Waals surface area contributed by atoms with E-state index in [9.17, 15) is 19.3 Å². The van der Waals surface area contributed by atoms with Crippen molar-refractivity contribution < 1.29 is 19.2 Å². The number of nitro groups is 1. The normalized spacial score (nSPS) is 10.8. The minimum atomic E-state index is -0.716. The zero-order chi connectivity index (χ0) is 17.5. The minimum absolute atomic E-state index is 0.0465. The lowest BCUT2D eigenvalue weighted by Crippen LogP contribution is -2.07. The van der Waals surface area contributed by atoms with Gasteiger partial charge in [-0.2, -0.15) is 0 Å². The molecule has 7 heteroatoms. The van der Waals surface area contributed by atoms with Gasteiger partial charge < -0.3 is 10.4 Å². The number of anilines is 1. The van der Waals surface area contributed by atoms with Crippen LogP contribution in [-0.2, 0) is 11.2 Å². The molecule has 124 valence electrons. The largest absolute Gasteiger partial charge is 0.396 e. The summed E-state index contributed by atoms with van der Waals surface area (Å²) in [6.45, 7) is 0.0465. The van der Waals surface area contributed by atoms with E-state index in [2.05, 4.69) is 5.32 Å². The number of aliphatic hydroxyl groups is 1. The lowest BCUT2D eigenvalue weighted by molar-refractivity contribution is -0.385. The molecule has 0 spiro atoms. The Balaban J connectivity index is 2.06. The first-order chi connectivity index (χ1) is 11.5. The highest BCUT2D eigenvalue weighted by Crippen LogP contribution is 2.21. The zero-order valence-electron chi connectivity index (χ0n) is 12.6. The van der Waals surface area contributed by atoms with Crippen LogP contribution in [0.1, 0.15) is 11.1 Å². The number of aliphatic hydroxyl groups excluding tert-OH is 1. The Morgan fingerprint density at radius 2 is 1.96 bits per heavy atom. The van der Waals surface area contributed by atoms with Gasteiger partial charge in [-0.3, -0.25) is 14.9 Å². The lowest BCUT2D eigenvalue weighted by Gasteiger charge is -2.04. The summed E-state index contributed by atoms with van der Waals surface area (Å²) in [6, 6.07) is 10.1. The molecule has 1 amide bonds. The predicted molar refractivity (Wildman–Crippen MR) is 87.9 cm³/mol. The first kappa shape index (κ1) is 17.3. The molecule has 0 radical (unpaired) electrons. The van der Waals surface area contributed by atoms with Crippen LogP contribution in [0.4, 0.5) is 15.8 Å². The number of hydrogen-bond donors (Lipinski definition) is 2. The molecule has 0 bridgehead atoms. The van der Waals surface area contributed by atoms with Crippen molar-refractivity contribution in [1.29, 1.82) is 0 Å². The van der Waals surface area contributed by atoms with Gasteiger partial charge in [-0.15, -0.1) is 0 Å². The summed E-state index contributed by atoms with van der Waals surface area (Å²) in [5, 5.41) is 22.3. The average Bonchev–Trinajstić information content (AvgIpc) is 2.55. The van der Waals surface area contributed by atoms with Gasteiger partial charge >= 0.3 is 0 Å². The van der Waals surface area contributed by atoms with E-state index in [1.54, 1.807) is 24.3 Å². The number of halogens is 1. The fourth-order valence-electron chi connectivity index (χ4n) is 2.05. The van der Waals surface area contributed by atoms with Crippen molar-refractivity contribution in [2.45, 2.75) is 6.42 Å². The number of carbonyl (C=O) groups excluding carboxylic acids is 1. The molecule has 0 saturated heterocycles. The maximum absolute atomic E-state index is 13.1. The summed E-state index contributed by atoms with van der Waals surface area (Å²) >= 11 is 0. The number of nitro benzene ring substituents is 1. The molecule has 0 saturated carbocycles. The van der Waals surface area contributed by atoms with E-state index in [1.165, 1.54) is 12.1 Å². The molecule has 0 unspecified atom stereocenters. The highest BCUT2D eigenvalue weighted by atomic mass is 19.1. The second-order valence-electron chi connectivity index (χ2n) is 4.95. The van der Waals surface area contributed by atoms with Crippen LogP contribution in [0.3, 0.4) is 0 Å². The predicted octanol–water partition coefficient (Wildman–Crippen LogP) is 2.92. The molecule has 24 heavy (non-hydrogen) atoms. The van der Waals surface area contributed by atoms with E-state index in [0.29, 0.717) is 12.1 Å². The van der Waals surface area contributed by atoms with Crippen molar-refractivity contribution in [2.75, 3.05) is 11.9 Å². The Morgan fingerprint density at radius 3 is 2.58 bits per heavy atom. The number of benzene rings is 2. The van der Waals surface area contributed by atoms with Crippen molar-refractivity contribution in [2.24, 2.45) is 0 Å². The summed E-state index contributed by atoms with van der Waals surface area (Å²) in [5.74, 6) is -1.19. The molecule has 2 rings (SSSR count). The molecular weight excluding hydrogens is 315 g/mol. The molecule has 2 aromatic rings. The number of nitrogens with one attached hydrogen (secondary N) is 1. The van der Waals surface area contributed by atoms with E-state index in [0.717, 1.165) is 23.8 Å². The van der Waals surface area contributed by atoms with E-state index in [4.69, 9.17) is 5.11 Å². The molecule has 0 aliphatic rings. The zero-order valence-corrected chi connectivity index (χ0v) is 12.6. The van der Waals surface area contributed by atoms with Crippen molar-refractivity contribution >= 4 is 23.4 Å². The van der Waals surface area contributed by atoms with Crippen LogP contribution in [0.25, 0.3) is 6.08 Å². The van der Waals surface area contributed by atoms with Crippen molar-refractivity contribution in [1.82, 2.24) is 0 Å². The van der Waals surface area contributed by atoms with Crippen LogP contribution in [-0.4, -0.2) is 22.5 Å². The SMILES string of the molecule is O=C(C=Cc1ccc(F)cc1[N+](=O)[O-])Nc1ccc(CCO)cc1. The van der Waals surface area contributed by atoms with Gasteiger partial charge in [0.2, 0.25) is 5.91 Å². The first-order valence-electron chi connectivity index (χ1n) is 7.12. The number of carbonyl (C=O) groups is 1. The second-order valence-corrected chi connectivity index (χ2v) is 4.95. The van der Waals surface area contributed by atoms with E-state index in [1.807, 2.05) is 0 Å². The van der Waals surface area contributed by atoms with Crippen molar-refractivity contribution in [3.05, 3.63) is 75.6 Å². The van der Waals surface area contributed by atoms with Crippen LogP contribution in [0.2, 0.25) is 0 Å². The fourth-order valence-corrected chi connectivity index (χ4v) is 2.05. The van der Waals surface area contributed by atoms with Crippen LogP contribution >= 0.6 is 0 Å². The van der Waals surface area contributed by atoms with E-state index < -0.39 is 22.3 Å². The Bertz CT molecular complexity index is 773. The molecule has 0 heterocycles. The van der Waals surface area contributed by atoms with E-state index in [-0.39, 0.29) is 12.2 Å². The highest BCUT2D eigenvalue weighted by molar-refractivity contribution is 6.02. The van der Waals surface area contributed by atoms with Gasteiger partial charge in [0, 0.05) is 18.4 Å². The number of hydrogen-bond acceptors (Lipinski definition) is 4. The van der Waals surface area contributed by atoms with Gasteiger partial charge in [0.25, 0.3) is 5.69 Å². The Kier molecular flexibility index (Phi) is 5.75. The smallest absolute Gasteiger partial charge is 0.279 e. The van der Waals surface area contributed by atoms with Gasteiger partial charge in [-0.1, -0.05) is 12.1 Å². The van der Waals surface area contributed by atoms with Gasteiger partial charge in [0.1, 0.15) is 5.82 Å². The Labute approximate surface area is 137 Å². The fraction of sp³-hybridized carbons (Fsp3) is 0.118. The number of nitrogens with zero attached hydrogens (tertiary/aromatic N) is 1. The second kappa shape index (κ2) is 7.98. The highest BCUT2D eigenvalue weighted by Gasteiger charge is 2.12. The van der Waals surface area contributed by atoms with Gasteiger partial charge in [0.05, 0.1) is 16.6 Å². The summed E-state index contributed by atoms with van der Waals surface area (Å²) in [5.41, 5.74) is 1.22. The number of rotatable bonds is 6. The molecule has 0 aromatic heterocycles. The third-order valence-corrected chi connectivity index (χ3v) is 3.23. The van der Waals surface area contributed by atoms with Crippen LogP contribution in [0.15, 0.2) is 48.5 Å². The molecule has 2 aromatic carbocycles. The maximum atomic E-state index is 13.1. The molecular formula is C17H15FN2O4. The maximum Gasteiger partial charge on any atom is 0.279 e. The van der Waals surface area contributed by atoms with Crippen LogP contribution < -0.4 is 5.32 Å². The van der Waals surface area contributed by atoms with E-state index >= 15 is 0 Å². The van der Waals surface area contributed by atoms with Crippen LogP contribution in [0, 0.1) is 15.9 Å². The van der Waals surface area contributed by atoms with Crippen LogP contribution in [0.5, 0.6) is 0 Å². The lowest BCUT2D eigenvalue weighted by atomic mass is 10.1. The number of amides is 1. The molecule has 6 nitrogen and oxygen atoms in total. The summed E-state index contributed by atoms with van der Waals surface area (Å²) < 4.78 is 13.1. The van der Waals surface area contributed by atoms with Gasteiger partial charge in [-0.05, 0) is 42.3 Å². The Hall–Kier alpha value is -3.06. The third kappa shape index (κ3) is 4.72. The standard InChI is InChI=1S/C17H15FN2O4/c18-14-5-3-13(16(11-14)20(23)24)4-8-17(22)19-15-6-1-12(2-7-15)9-10-21/h1-8,11,21H,9-10H2,(H,19,22). The summed E-state index contributed by atoms with van der Waals surface area (Å²) in [4.78, 5) is 22.0. The van der Waals surface area contributed by atoms with Crippen molar-refractivity contribution in [3.8, 4) is 0 Å².